The Morgan fingerprint density at radius 2 is 1.90 bits per heavy atom. The smallest absolute Gasteiger partial charge is 0.266 e. The third-order valence-electron chi connectivity index (χ3n) is 5.42. The molecule has 4 rings (SSSR count). The average molecular weight is 448 g/mol. The molecule has 0 N–H and O–H groups in total. The predicted molar refractivity (Wildman–Crippen MR) is 133 cm³/mol. The van der Waals surface area contributed by atoms with E-state index in [-0.39, 0.29) is 5.91 Å². The lowest BCUT2D eigenvalue weighted by molar-refractivity contribution is -0.121. The van der Waals surface area contributed by atoms with Crippen molar-refractivity contribution in [1.29, 1.82) is 0 Å². The number of carbonyl (C=O) groups excluding carboxylic acids is 1. The molecule has 31 heavy (non-hydrogen) atoms. The van der Waals surface area contributed by atoms with Crippen LogP contribution in [0.2, 0.25) is 0 Å². The van der Waals surface area contributed by atoms with Crippen LogP contribution in [-0.4, -0.2) is 31.5 Å². The monoisotopic (exact) mass is 447 g/mol. The summed E-state index contributed by atoms with van der Waals surface area (Å²) in [5, 5.41) is 4.94. The number of nitrogens with zero attached hydrogens (tertiary/aromatic N) is 3. The molecule has 1 aliphatic heterocycles. The Morgan fingerprint density at radius 3 is 2.55 bits per heavy atom. The molecular formula is C25H25N3OS2. The van der Waals surface area contributed by atoms with Crippen LogP contribution in [-0.2, 0) is 4.79 Å². The fraction of sp³-hybridized carbons (Fsp3) is 0.240. The summed E-state index contributed by atoms with van der Waals surface area (Å²) in [6.45, 7) is 8.99. The number of amides is 1. The lowest BCUT2D eigenvalue weighted by Gasteiger charge is -2.11. The number of carbonyl (C=O) groups is 1. The van der Waals surface area contributed by atoms with E-state index in [1.54, 1.807) is 4.90 Å². The maximum atomic E-state index is 12.8. The topological polar surface area (TPSA) is 38.1 Å². The molecule has 1 saturated heterocycles. The lowest BCUT2D eigenvalue weighted by Crippen LogP contribution is -2.27. The van der Waals surface area contributed by atoms with Gasteiger partial charge in [-0.05, 0) is 55.2 Å². The summed E-state index contributed by atoms with van der Waals surface area (Å²) in [5.41, 5.74) is 6.24. The maximum Gasteiger partial charge on any atom is 0.266 e. The average Bonchev–Trinajstić information content (AvgIpc) is 3.29. The van der Waals surface area contributed by atoms with Crippen molar-refractivity contribution >= 4 is 40.3 Å². The van der Waals surface area contributed by atoms with E-state index in [2.05, 4.69) is 39.0 Å². The number of thiocarbonyl (C=S) groups is 1. The molecule has 6 heteroatoms. The summed E-state index contributed by atoms with van der Waals surface area (Å²) < 4.78 is 2.48. The zero-order valence-electron chi connectivity index (χ0n) is 18.1. The van der Waals surface area contributed by atoms with Crippen molar-refractivity contribution in [3.63, 3.8) is 0 Å². The van der Waals surface area contributed by atoms with Crippen LogP contribution in [0, 0.1) is 6.92 Å². The van der Waals surface area contributed by atoms with E-state index in [0.717, 1.165) is 28.1 Å². The van der Waals surface area contributed by atoms with Crippen molar-refractivity contribution in [3.05, 3.63) is 76.3 Å². The van der Waals surface area contributed by atoms with Crippen molar-refractivity contribution in [2.45, 2.75) is 33.6 Å². The van der Waals surface area contributed by atoms with Gasteiger partial charge in [0.25, 0.3) is 5.91 Å². The molecule has 158 valence electrons. The Bertz CT molecular complexity index is 1180. The molecule has 0 spiro atoms. The Labute approximate surface area is 193 Å². The Balaban J connectivity index is 1.88. The van der Waals surface area contributed by atoms with Gasteiger partial charge in [0.2, 0.25) is 0 Å². The molecule has 1 amide bonds. The summed E-state index contributed by atoms with van der Waals surface area (Å²) in [6, 6.07) is 16.5. The van der Waals surface area contributed by atoms with E-state index in [0.29, 0.717) is 21.7 Å². The van der Waals surface area contributed by atoms with Crippen LogP contribution < -0.4 is 0 Å². The van der Waals surface area contributed by atoms with E-state index in [9.17, 15) is 4.79 Å². The van der Waals surface area contributed by atoms with Crippen molar-refractivity contribution in [3.8, 4) is 16.9 Å². The van der Waals surface area contributed by atoms with Crippen LogP contribution in [0.5, 0.6) is 0 Å². The zero-order chi connectivity index (χ0) is 22.1. The van der Waals surface area contributed by atoms with Crippen molar-refractivity contribution in [1.82, 2.24) is 14.7 Å². The minimum atomic E-state index is -0.0384. The number of aryl methyl sites for hydroxylation is 1. The van der Waals surface area contributed by atoms with E-state index in [1.807, 2.05) is 54.2 Å². The largest absolute Gasteiger partial charge is 0.293 e. The first kappa shape index (κ1) is 21.5. The van der Waals surface area contributed by atoms with E-state index >= 15 is 0 Å². The SMILES string of the molecule is CCN1C(=O)/C(=C/c2cn(-c3ccccc3)nc2-c2cc(C(C)C)ccc2C)SC1=S. The number of rotatable bonds is 5. The molecule has 1 aliphatic rings. The van der Waals surface area contributed by atoms with Gasteiger partial charge in [0, 0.05) is 23.9 Å². The molecule has 4 nitrogen and oxygen atoms in total. The Kier molecular flexibility index (Phi) is 6.12. The highest BCUT2D eigenvalue weighted by Gasteiger charge is 2.31. The number of hydrogen-bond acceptors (Lipinski definition) is 4. The fourth-order valence-electron chi connectivity index (χ4n) is 3.58. The van der Waals surface area contributed by atoms with Gasteiger partial charge in [-0.25, -0.2) is 4.68 Å². The van der Waals surface area contributed by atoms with Crippen LogP contribution in [0.15, 0.2) is 59.6 Å². The predicted octanol–water partition coefficient (Wildman–Crippen LogP) is 6.19. The van der Waals surface area contributed by atoms with Gasteiger partial charge in [-0.15, -0.1) is 0 Å². The normalized spacial score (nSPS) is 15.5. The molecule has 0 atom stereocenters. The van der Waals surface area contributed by atoms with E-state index < -0.39 is 0 Å². The Hall–Kier alpha value is -2.70. The van der Waals surface area contributed by atoms with Crippen molar-refractivity contribution in [2.75, 3.05) is 6.54 Å². The van der Waals surface area contributed by atoms with Gasteiger partial charge in [-0.2, -0.15) is 5.10 Å². The zero-order valence-corrected chi connectivity index (χ0v) is 19.8. The highest BCUT2D eigenvalue weighted by Crippen LogP contribution is 2.36. The molecule has 2 aromatic carbocycles. The van der Waals surface area contributed by atoms with Gasteiger partial charge in [0.15, 0.2) is 0 Å². The second-order valence-electron chi connectivity index (χ2n) is 7.87. The number of thioether (sulfide) groups is 1. The minimum Gasteiger partial charge on any atom is -0.293 e. The summed E-state index contributed by atoms with van der Waals surface area (Å²) >= 11 is 6.75. The summed E-state index contributed by atoms with van der Waals surface area (Å²) in [7, 11) is 0. The van der Waals surface area contributed by atoms with Crippen LogP contribution in [0.4, 0.5) is 0 Å². The number of hydrogen-bond donors (Lipinski definition) is 0. The first-order valence-corrected chi connectivity index (χ1v) is 11.6. The van der Waals surface area contributed by atoms with E-state index in [4.69, 9.17) is 17.3 Å². The fourth-order valence-corrected chi connectivity index (χ4v) is 4.96. The number of benzene rings is 2. The highest BCUT2D eigenvalue weighted by atomic mass is 32.2. The lowest BCUT2D eigenvalue weighted by atomic mass is 9.95. The van der Waals surface area contributed by atoms with Gasteiger partial charge >= 0.3 is 0 Å². The van der Waals surface area contributed by atoms with Gasteiger partial charge in [0.1, 0.15) is 10.0 Å². The molecular weight excluding hydrogens is 422 g/mol. The third-order valence-corrected chi connectivity index (χ3v) is 6.80. The van der Waals surface area contributed by atoms with Crippen molar-refractivity contribution < 1.29 is 4.79 Å². The first-order chi connectivity index (χ1) is 14.9. The first-order valence-electron chi connectivity index (χ1n) is 10.4. The summed E-state index contributed by atoms with van der Waals surface area (Å²) in [6.07, 6.45) is 3.92. The number of para-hydroxylation sites is 1. The molecule has 0 aliphatic carbocycles. The molecule has 0 saturated carbocycles. The number of aromatic nitrogens is 2. The van der Waals surface area contributed by atoms with Crippen molar-refractivity contribution in [2.24, 2.45) is 0 Å². The van der Waals surface area contributed by atoms with Crippen LogP contribution in [0.3, 0.4) is 0 Å². The summed E-state index contributed by atoms with van der Waals surface area (Å²) in [5.74, 6) is 0.378. The Morgan fingerprint density at radius 1 is 1.16 bits per heavy atom. The quantitative estimate of drug-likeness (QED) is 0.345. The summed E-state index contributed by atoms with van der Waals surface area (Å²) in [4.78, 5) is 15.1. The van der Waals surface area contributed by atoms with E-state index in [1.165, 1.54) is 17.3 Å². The third kappa shape index (κ3) is 4.23. The second kappa shape index (κ2) is 8.81. The van der Waals surface area contributed by atoms with Gasteiger partial charge < -0.3 is 0 Å². The van der Waals surface area contributed by atoms with Crippen LogP contribution >= 0.6 is 24.0 Å². The number of likely N-dealkylation sites (N-methyl/N-ethyl adjacent to an activating group) is 1. The molecule has 1 fully saturated rings. The minimum absolute atomic E-state index is 0.0384. The highest BCUT2D eigenvalue weighted by molar-refractivity contribution is 8.26. The molecule has 1 aromatic heterocycles. The van der Waals surface area contributed by atoms with Crippen LogP contribution in [0.25, 0.3) is 23.0 Å². The van der Waals surface area contributed by atoms with Crippen LogP contribution in [0.1, 0.15) is 43.4 Å². The molecule has 2 heterocycles. The standard InChI is InChI=1S/C25H25N3OS2/c1-5-27-24(29)22(31-25(27)30)14-19-15-28(20-9-7-6-8-10-20)26-23(19)21-13-18(16(2)3)12-11-17(21)4/h6-16H,5H2,1-4H3/b22-14-. The van der Waals surface area contributed by atoms with Gasteiger partial charge in [-0.3, -0.25) is 9.69 Å². The molecule has 0 bridgehead atoms. The van der Waals surface area contributed by atoms with Gasteiger partial charge in [0.05, 0.1) is 10.6 Å². The molecule has 0 unspecified atom stereocenters. The van der Waals surface area contributed by atoms with Gasteiger partial charge in [-0.1, -0.05) is 68.2 Å². The molecule has 0 radical (unpaired) electrons. The second-order valence-corrected chi connectivity index (χ2v) is 9.54. The molecule has 3 aromatic rings. The maximum absolute atomic E-state index is 12.8.